The second-order valence-electron chi connectivity index (χ2n) is 9.19. The first-order chi connectivity index (χ1) is 17.9. The van der Waals surface area contributed by atoms with Gasteiger partial charge in [0, 0.05) is 17.7 Å². The Bertz CT molecular complexity index is 1270. The zero-order valence-electron chi connectivity index (χ0n) is 21.4. The zero-order chi connectivity index (χ0) is 26.4. The lowest BCUT2D eigenvalue weighted by Crippen LogP contribution is -2.32. The van der Waals surface area contributed by atoms with Crippen LogP contribution in [0.1, 0.15) is 29.2 Å². The minimum atomic E-state index is -0.757. The number of aliphatic hydroxyl groups excluding tert-OH is 1. The lowest BCUT2D eigenvalue weighted by molar-refractivity contribution is -0.140. The molecule has 7 nitrogen and oxygen atoms in total. The standard InChI is InChI=1S/C30H32N2O5/c1-31(2)18-9-19-32-27(24-12-7-8-13-25(24)36-3)26(29(34)30(32)35)28(33)22-14-16-23(17-15-22)37-20-21-10-5-4-6-11-21/h4-8,10-17,27,33H,9,18-20H2,1-3H3/b28-26+/t27-/m0/s1. The van der Waals surface area contributed by atoms with E-state index in [4.69, 9.17) is 9.47 Å². The van der Waals surface area contributed by atoms with Gasteiger partial charge in [-0.1, -0.05) is 48.5 Å². The average molecular weight is 501 g/mol. The third-order valence-corrected chi connectivity index (χ3v) is 6.35. The maximum absolute atomic E-state index is 13.3. The van der Waals surface area contributed by atoms with Gasteiger partial charge in [-0.05, 0) is 63.0 Å². The first-order valence-electron chi connectivity index (χ1n) is 12.2. The Morgan fingerprint density at radius 3 is 2.30 bits per heavy atom. The summed E-state index contributed by atoms with van der Waals surface area (Å²) in [6, 6.07) is 23.2. The molecule has 3 aromatic carbocycles. The van der Waals surface area contributed by atoms with Gasteiger partial charge in [0.05, 0.1) is 18.7 Å². The number of carbonyl (C=O) groups is 2. The molecule has 1 atom stereocenters. The fourth-order valence-corrected chi connectivity index (χ4v) is 4.49. The Morgan fingerprint density at radius 2 is 1.62 bits per heavy atom. The zero-order valence-corrected chi connectivity index (χ0v) is 21.4. The minimum absolute atomic E-state index is 0.0531. The van der Waals surface area contributed by atoms with E-state index in [2.05, 4.69) is 0 Å². The molecular weight excluding hydrogens is 468 g/mol. The van der Waals surface area contributed by atoms with Gasteiger partial charge in [-0.3, -0.25) is 9.59 Å². The number of benzene rings is 3. The summed E-state index contributed by atoms with van der Waals surface area (Å²) in [6.07, 6.45) is 0.680. The molecule has 1 saturated heterocycles. The first kappa shape index (κ1) is 26.0. The lowest BCUT2D eigenvalue weighted by atomic mass is 9.94. The Morgan fingerprint density at radius 1 is 0.946 bits per heavy atom. The van der Waals surface area contributed by atoms with Gasteiger partial charge >= 0.3 is 0 Å². The van der Waals surface area contributed by atoms with Crippen molar-refractivity contribution in [2.24, 2.45) is 0 Å². The average Bonchev–Trinajstić information content (AvgIpc) is 3.17. The van der Waals surface area contributed by atoms with Crippen LogP contribution in [0.15, 0.2) is 84.4 Å². The minimum Gasteiger partial charge on any atom is -0.507 e. The Labute approximate surface area is 217 Å². The number of hydrogen-bond donors (Lipinski definition) is 1. The fraction of sp³-hybridized carbons (Fsp3) is 0.267. The number of aliphatic hydroxyl groups is 1. The van der Waals surface area contributed by atoms with Crippen LogP contribution in [0.4, 0.5) is 0 Å². The van der Waals surface area contributed by atoms with Gasteiger partial charge in [0.2, 0.25) is 0 Å². The van der Waals surface area contributed by atoms with Crippen LogP contribution in [0.5, 0.6) is 11.5 Å². The molecule has 1 aliphatic heterocycles. The van der Waals surface area contributed by atoms with E-state index in [0.717, 1.165) is 12.1 Å². The second-order valence-corrected chi connectivity index (χ2v) is 9.19. The summed E-state index contributed by atoms with van der Waals surface area (Å²) in [7, 11) is 5.46. The van der Waals surface area contributed by atoms with Crippen LogP contribution in [0, 0.1) is 0 Å². The number of likely N-dealkylation sites (tertiary alicyclic amines) is 1. The van der Waals surface area contributed by atoms with Crippen LogP contribution in [0.25, 0.3) is 5.76 Å². The van der Waals surface area contributed by atoms with Crippen molar-refractivity contribution in [2.45, 2.75) is 19.1 Å². The summed E-state index contributed by atoms with van der Waals surface area (Å²) in [5, 5.41) is 11.3. The monoisotopic (exact) mass is 500 g/mol. The topological polar surface area (TPSA) is 79.3 Å². The third-order valence-electron chi connectivity index (χ3n) is 6.35. The van der Waals surface area contributed by atoms with E-state index in [1.54, 1.807) is 37.4 Å². The summed E-state index contributed by atoms with van der Waals surface area (Å²) in [6.45, 7) is 1.54. The SMILES string of the molecule is COc1ccccc1[C@H]1/C(=C(\O)c2ccc(OCc3ccccc3)cc2)C(=O)C(=O)N1CCCN(C)C. The molecule has 37 heavy (non-hydrogen) atoms. The number of methoxy groups -OCH3 is 1. The lowest BCUT2D eigenvalue weighted by Gasteiger charge is -2.27. The molecule has 7 heteroatoms. The van der Waals surface area contributed by atoms with Crippen LogP contribution in [0.2, 0.25) is 0 Å². The van der Waals surface area contributed by atoms with E-state index in [1.807, 2.05) is 67.5 Å². The van der Waals surface area contributed by atoms with Gasteiger partial charge in [-0.15, -0.1) is 0 Å². The molecular formula is C30H32N2O5. The van der Waals surface area contributed by atoms with E-state index >= 15 is 0 Å². The number of carbonyl (C=O) groups excluding carboxylic acids is 2. The molecule has 0 bridgehead atoms. The molecule has 192 valence electrons. The van der Waals surface area contributed by atoms with Crippen molar-refractivity contribution in [3.05, 3.63) is 101 Å². The maximum atomic E-state index is 13.3. The molecule has 1 amide bonds. The van der Waals surface area contributed by atoms with Crippen molar-refractivity contribution < 1.29 is 24.2 Å². The van der Waals surface area contributed by atoms with Crippen molar-refractivity contribution in [1.82, 2.24) is 9.80 Å². The molecule has 0 saturated carbocycles. The second kappa shape index (κ2) is 11.8. The van der Waals surface area contributed by atoms with E-state index in [9.17, 15) is 14.7 Å². The predicted octanol–water partition coefficient (Wildman–Crippen LogP) is 4.65. The maximum Gasteiger partial charge on any atom is 0.295 e. The first-order valence-corrected chi connectivity index (χ1v) is 12.2. The van der Waals surface area contributed by atoms with E-state index in [0.29, 0.717) is 42.2 Å². The summed E-state index contributed by atoms with van der Waals surface area (Å²) in [5.74, 6) is -0.381. The highest BCUT2D eigenvalue weighted by Crippen LogP contribution is 2.42. The molecule has 0 aliphatic carbocycles. The number of hydrogen-bond acceptors (Lipinski definition) is 6. The number of Topliss-reactive ketones (excluding diaryl/α,β-unsaturated/α-hetero) is 1. The molecule has 1 heterocycles. The number of nitrogens with zero attached hydrogens (tertiary/aromatic N) is 2. The Balaban J connectivity index is 1.67. The highest BCUT2D eigenvalue weighted by molar-refractivity contribution is 6.46. The number of amides is 1. The van der Waals surface area contributed by atoms with Crippen LogP contribution in [0.3, 0.4) is 0 Å². The predicted molar refractivity (Wildman–Crippen MR) is 142 cm³/mol. The van der Waals surface area contributed by atoms with Gasteiger partial charge in [-0.2, -0.15) is 0 Å². The quantitative estimate of drug-likeness (QED) is 0.248. The number of rotatable bonds is 10. The molecule has 0 unspecified atom stereocenters. The number of para-hydroxylation sites is 1. The van der Waals surface area contributed by atoms with Crippen molar-refractivity contribution in [3.63, 3.8) is 0 Å². The highest BCUT2D eigenvalue weighted by atomic mass is 16.5. The molecule has 1 N–H and O–H groups in total. The van der Waals surface area contributed by atoms with Crippen LogP contribution in [-0.4, -0.2) is 60.9 Å². The fourth-order valence-electron chi connectivity index (χ4n) is 4.49. The van der Waals surface area contributed by atoms with Gasteiger partial charge in [0.1, 0.15) is 23.9 Å². The van der Waals surface area contributed by atoms with Crippen molar-refractivity contribution in [1.29, 1.82) is 0 Å². The molecule has 0 radical (unpaired) electrons. The van der Waals surface area contributed by atoms with Gasteiger partial charge in [-0.25, -0.2) is 0 Å². The van der Waals surface area contributed by atoms with Crippen LogP contribution >= 0.6 is 0 Å². The largest absolute Gasteiger partial charge is 0.507 e. The van der Waals surface area contributed by atoms with E-state index < -0.39 is 17.7 Å². The van der Waals surface area contributed by atoms with Crippen LogP contribution in [-0.2, 0) is 16.2 Å². The highest BCUT2D eigenvalue weighted by Gasteiger charge is 2.46. The van der Waals surface area contributed by atoms with Crippen molar-refractivity contribution in [2.75, 3.05) is 34.3 Å². The Kier molecular flexibility index (Phi) is 8.25. The molecule has 0 aromatic heterocycles. The van der Waals surface area contributed by atoms with E-state index in [1.165, 1.54) is 4.90 Å². The molecule has 0 spiro atoms. The third kappa shape index (κ3) is 5.84. The summed E-state index contributed by atoms with van der Waals surface area (Å²) in [5.41, 5.74) is 2.18. The molecule has 3 aromatic rings. The van der Waals surface area contributed by atoms with Gasteiger partial charge in [0.15, 0.2) is 0 Å². The molecule has 1 aliphatic rings. The Hall–Kier alpha value is -4.10. The molecule has 1 fully saturated rings. The van der Waals surface area contributed by atoms with E-state index in [-0.39, 0.29) is 11.3 Å². The number of ether oxygens (including phenoxy) is 2. The number of ketones is 1. The van der Waals surface area contributed by atoms with Crippen molar-refractivity contribution in [3.8, 4) is 11.5 Å². The smallest absolute Gasteiger partial charge is 0.295 e. The molecule has 4 rings (SSSR count). The van der Waals surface area contributed by atoms with Gasteiger partial charge in [0.25, 0.3) is 11.7 Å². The van der Waals surface area contributed by atoms with Crippen LogP contribution < -0.4 is 9.47 Å². The summed E-state index contributed by atoms with van der Waals surface area (Å²) >= 11 is 0. The van der Waals surface area contributed by atoms with Gasteiger partial charge < -0.3 is 24.4 Å². The van der Waals surface area contributed by atoms with Crippen molar-refractivity contribution >= 4 is 17.4 Å². The summed E-state index contributed by atoms with van der Waals surface area (Å²) < 4.78 is 11.4. The summed E-state index contributed by atoms with van der Waals surface area (Å²) in [4.78, 5) is 30.0. The normalized spacial score (nSPS) is 16.9.